The van der Waals surface area contributed by atoms with Crippen molar-refractivity contribution in [1.82, 2.24) is 0 Å². The van der Waals surface area contributed by atoms with Crippen molar-refractivity contribution < 1.29 is 23.1 Å². The molecule has 0 spiro atoms. The number of carbonyl (C=O) groups is 1. The first-order chi connectivity index (χ1) is 9.32. The number of benzene rings is 1. The van der Waals surface area contributed by atoms with Crippen molar-refractivity contribution in [2.24, 2.45) is 0 Å². The number of nitrogens with zero attached hydrogens (tertiary/aromatic N) is 2. The Labute approximate surface area is 113 Å². The van der Waals surface area contributed by atoms with E-state index in [0.717, 1.165) is 25.0 Å². The Morgan fingerprint density at radius 2 is 2.10 bits per heavy atom. The van der Waals surface area contributed by atoms with Gasteiger partial charge in [0.05, 0.1) is 16.8 Å². The van der Waals surface area contributed by atoms with Gasteiger partial charge in [0.1, 0.15) is 12.6 Å². The van der Waals surface area contributed by atoms with E-state index in [4.69, 9.17) is 10.4 Å². The van der Waals surface area contributed by atoms with Crippen LogP contribution in [0.5, 0.6) is 0 Å². The molecule has 20 heavy (non-hydrogen) atoms. The molecule has 7 heteroatoms. The second-order valence-electron chi connectivity index (χ2n) is 4.59. The van der Waals surface area contributed by atoms with Crippen LogP contribution in [0.15, 0.2) is 18.2 Å². The van der Waals surface area contributed by atoms with Gasteiger partial charge in [-0.2, -0.15) is 18.4 Å². The predicted molar refractivity (Wildman–Crippen MR) is 64.2 cm³/mol. The molecule has 1 aliphatic rings. The summed E-state index contributed by atoms with van der Waals surface area (Å²) in [7, 11) is 0. The quantitative estimate of drug-likeness (QED) is 0.923. The summed E-state index contributed by atoms with van der Waals surface area (Å²) in [5.74, 6) is -1.08. The minimum Gasteiger partial charge on any atom is -0.480 e. The smallest absolute Gasteiger partial charge is 0.416 e. The maximum absolute atomic E-state index is 12.6. The minimum absolute atomic E-state index is 0.0186. The summed E-state index contributed by atoms with van der Waals surface area (Å²) in [6.45, 7) is -0.329. The lowest BCUT2D eigenvalue weighted by Crippen LogP contribution is -2.32. The van der Waals surface area contributed by atoms with Crippen molar-refractivity contribution in [3.63, 3.8) is 0 Å². The molecule has 1 aromatic rings. The Kier molecular flexibility index (Phi) is 3.57. The van der Waals surface area contributed by atoms with Gasteiger partial charge in [-0.25, -0.2) is 0 Å². The number of anilines is 1. The number of carboxylic acids is 1. The fourth-order valence-corrected chi connectivity index (χ4v) is 2.00. The van der Waals surface area contributed by atoms with Crippen LogP contribution in [0.1, 0.15) is 24.0 Å². The summed E-state index contributed by atoms with van der Waals surface area (Å²) in [5.41, 5.74) is -0.831. The average molecular weight is 284 g/mol. The molecule has 0 bridgehead atoms. The fourth-order valence-electron chi connectivity index (χ4n) is 2.00. The molecular weight excluding hydrogens is 273 g/mol. The molecular formula is C13H11F3N2O2. The molecule has 0 heterocycles. The third kappa shape index (κ3) is 3.02. The number of halogens is 3. The van der Waals surface area contributed by atoms with Crippen molar-refractivity contribution in [3.05, 3.63) is 29.3 Å². The molecule has 0 atom stereocenters. The number of hydrogen-bond donors (Lipinski definition) is 1. The Hall–Kier alpha value is -2.23. The average Bonchev–Trinajstić information content (AvgIpc) is 3.18. The van der Waals surface area contributed by atoms with Crippen molar-refractivity contribution in [2.45, 2.75) is 25.1 Å². The van der Waals surface area contributed by atoms with Crippen LogP contribution in [0.25, 0.3) is 0 Å². The number of aliphatic carboxylic acids is 1. The van der Waals surface area contributed by atoms with Gasteiger partial charge in [-0.1, -0.05) is 0 Å². The van der Waals surface area contributed by atoms with E-state index in [0.29, 0.717) is 0 Å². The van der Waals surface area contributed by atoms with Gasteiger partial charge >= 0.3 is 12.1 Å². The van der Waals surface area contributed by atoms with Crippen molar-refractivity contribution >= 4 is 11.7 Å². The summed E-state index contributed by atoms with van der Waals surface area (Å²) in [4.78, 5) is 12.3. The first-order valence-corrected chi connectivity index (χ1v) is 5.92. The highest BCUT2D eigenvalue weighted by molar-refractivity contribution is 5.76. The van der Waals surface area contributed by atoms with Crippen LogP contribution in [0, 0.1) is 11.3 Å². The van der Waals surface area contributed by atoms with Gasteiger partial charge < -0.3 is 10.0 Å². The molecule has 1 fully saturated rings. The lowest BCUT2D eigenvalue weighted by atomic mass is 10.1. The first-order valence-electron chi connectivity index (χ1n) is 5.92. The highest BCUT2D eigenvalue weighted by atomic mass is 19.4. The summed E-state index contributed by atoms with van der Waals surface area (Å²) in [5, 5.41) is 17.9. The van der Waals surface area contributed by atoms with Gasteiger partial charge in [0, 0.05) is 6.04 Å². The Morgan fingerprint density at radius 1 is 1.45 bits per heavy atom. The second-order valence-corrected chi connectivity index (χ2v) is 4.59. The normalized spacial score (nSPS) is 14.7. The van der Waals surface area contributed by atoms with Crippen LogP contribution in [-0.2, 0) is 11.0 Å². The Bertz CT molecular complexity index is 574. The number of alkyl halides is 3. The minimum atomic E-state index is -4.53. The van der Waals surface area contributed by atoms with E-state index in [1.807, 2.05) is 0 Å². The van der Waals surface area contributed by atoms with Gasteiger partial charge in [-0.15, -0.1) is 0 Å². The molecule has 0 amide bonds. The molecule has 1 saturated carbocycles. The molecule has 106 valence electrons. The van der Waals surface area contributed by atoms with E-state index in [2.05, 4.69) is 0 Å². The number of nitriles is 1. The van der Waals surface area contributed by atoms with Crippen LogP contribution < -0.4 is 4.90 Å². The lowest BCUT2D eigenvalue weighted by molar-refractivity contribution is -0.138. The third-order valence-electron chi connectivity index (χ3n) is 3.05. The second kappa shape index (κ2) is 5.04. The summed E-state index contributed by atoms with van der Waals surface area (Å²) < 4.78 is 37.8. The Morgan fingerprint density at radius 3 is 2.55 bits per heavy atom. The number of hydrogen-bond acceptors (Lipinski definition) is 3. The zero-order valence-electron chi connectivity index (χ0n) is 10.3. The van der Waals surface area contributed by atoms with Crippen LogP contribution in [-0.4, -0.2) is 23.7 Å². The van der Waals surface area contributed by atoms with Crippen molar-refractivity contribution in [2.75, 3.05) is 11.4 Å². The lowest BCUT2D eigenvalue weighted by Gasteiger charge is -2.24. The van der Waals surface area contributed by atoms with E-state index >= 15 is 0 Å². The molecule has 0 aromatic heterocycles. The SMILES string of the molecule is N#Cc1cc(C(F)(F)F)ccc1N(CC(=O)O)C1CC1. The molecule has 0 aliphatic heterocycles. The monoisotopic (exact) mass is 284 g/mol. The molecule has 0 unspecified atom stereocenters. The predicted octanol–water partition coefficient (Wildman–Crippen LogP) is 2.63. The molecule has 0 saturated heterocycles. The van der Waals surface area contributed by atoms with Crippen LogP contribution in [0.2, 0.25) is 0 Å². The highest BCUT2D eigenvalue weighted by Gasteiger charge is 2.34. The molecule has 1 aliphatic carbocycles. The van der Waals surface area contributed by atoms with Crippen LogP contribution in [0.4, 0.5) is 18.9 Å². The largest absolute Gasteiger partial charge is 0.480 e. The molecule has 1 aromatic carbocycles. The fraction of sp³-hybridized carbons (Fsp3) is 0.385. The third-order valence-corrected chi connectivity index (χ3v) is 3.05. The maximum Gasteiger partial charge on any atom is 0.416 e. The first kappa shape index (κ1) is 14.2. The Balaban J connectivity index is 2.40. The van der Waals surface area contributed by atoms with Gasteiger partial charge in [0.2, 0.25) is 0 Å². The van der Waals surface area contributed by atoms with E-state index in [1.54, 1.807) is 6.07 Å². The zero-order valence-corrected chi connectivity index (χ0v) is 10.3. The number of carboxylic acid groups (broad SMARTS) is 1. The molecule has 1 N–H and O–H groups in total. The van der Waals surface area contributed by atoms with Gasteiger partial charge in [0.25, 0.3) is 0 Å². The standard InChI is InChI=1S/C13H11F3N2O2/c14-13(15,16)9-1-4-11(8(5-9)6-17)18(7-12(19)20)10-2-3-10/h1,4-5,10H,2-3,7H2,(H,19,20). The molecule has 4 nitrogen and oxygen atoms in total. The van der Waals surface area contributed by atoms with Crippen molar-refractivity contribution in [1.29, 1.82) is 5.26 Å². The molecule has 0 radical (unpaired) electrons. The number of rotatable bonds is 4. The van der Waals surface area contributed by atoms with E-state index in [-0.39, 0.29) is 23.8 Å². The van der Waals surface area contributed by atoms with E-state index < -0.39 is 17.7 Å². The van der Waals surface area contributed by atoms with Gasteiger partial charge in [-0.05, 0) is 31.0 Å². The van der Waals surface area contributed by atoms with E-state index in [9.17, 15) is 18.0 Å². The van der Waals surface area contributed by atoms with Crippen molar-refractivity contribution in [3.8, 4) is 6.07 Å². The van der Waals surface area contributed by atoms with Gasteiger partial charge in [-0.3, -0.25) is 4.79 Å². The zero-order chi connectivity index (χ0) is 14.9. The van der Waals surface area contributed by atoms with Crippen LogP contribution >= 0.6 is 0 Å². The maximum atomic E-state index is 12.6. The summed E-state index contributed by atoms with van der Waals surface area (Å²) in [6.07, 6.45) is -2.97. The highest BCUT2D eigenvalue weighted by Crippen LogP contribution is 2.36. The van der Waals surface area contributed by atoms with Gasteiger partial charge in [0.15, 0.2) is 0 Å². The van der Waals surface area contributed by atoms with E-state index in [1.165, 1.54) is 11.0 Å². The van der Waals surface area contributed by atoms with Crippen LogP contribution in [0.3, 0.4) is 0 Å². The molecule has 2 rings (SSSR count). The topological polar surface area (TPSA) is 64.3 Å². The summed E-state index contributed by atoms with van der Waals surface area (Å²) in [6, 6.07) is 4.49. The summed E-state index contributed by atoms with van der Waals surface area (Å²) >= 11 is 0.